The van der Waals surface area contributed by atoms with Crippen LogP contribution in [0.4, 0.5) is 0 Å². The molecule has 2 heteroatoms. The smallest absolute Gasteiger partial charge is 0.0784 e. The highest BCUT2D eigenvalue weighted by Crippen LogP contribution is 2.20. The van der Waals surface area contributed by atoms with E-state index in [0.29, 0.717) is 0 Å². The van der Waals surface area contributed by atoms with Crippen molar-refractivity contribution in [3.63, 3.8) is 0 Å². The molecule has 0 aliphatic rings. The molecule has 61 heavy (non-hydrogen) atoms. The Bertz CT molecular complexity index is 700. The van der Waals surface area contributed by atoms with Crippen molar-refractivity contribution in [2.75, 3.05) is 26.7 Å². The Balaban J connectivity index is 0. The van der Waals surface area contributed by atoms with E-state index in [-0.39, 0.29) is 12.4 Å². The summed E-state index contributed by atoms with van der Waals surface area (Å²) >= 11 is 0. The number of unbranched alkanes of at least 4 members (excludes halogenated alkanes) is 49. The molecular formula is C59H122ClN. The van der Waals surface area contributed by atoms with Gasteiger partial charge < -0.3 is 16.9 Å². The Morgan fingerprint density at radius 1 is 0.164 bits per heavy atom. The van der Waals surface area contributed by atoms with E-state index in [0.717, 1.165) is 0 Å². The van der Waals surface area contributed by atoms with Crippen molar-refractivity contribution in [2.24, 2.45) is 0 Å². The molecule has 0 bridgehead atoms. The van der Waals surface area contributed by atoms with Crippen molar-refractivity contribution in [1.29, 1.82) is 0 Å². The third kappa shape index (κ3) is 54.5. The van der Waals surface area contributed by atoms with Crippen LogP contribution in [0.15, 0.2) is 0 Å². The van der Waals surface area contributed by atoms with Crippen molar-refractivity contribution >= 4 is 0 Å². The second-order valence-corrected chi connectivity index (χ2v) is 21.1. The van der Waals surface area contributed by atoms with E-state index in [1.165, 1.54) is 358 Å². The van der Waals surface area contributed by atoms with Gasteiger partial charge in [0.15, 0.2) is 0 Å². The molecule has 0 spiro atoms. The van der Waals surface area contributed by atoms with Gasteiger partial charge in [-0.05, 0) is 38.5 Å². The second-order valence-electron chi connectivity index (χ2n) is 21.1. The van der Waals surface area contributed by atoms with Gasteiger partial charge in [-0.1, -0.05) is 316 Å². The summed E-state index contributed by atoms with van der Waals surface area (Å²) in [6.45, 7) is 11.3. The van der Waals surface area contributed by atoms with Gasteiger partial charge >= 0.3 is 0 Å². The van der Waals surface area contributed by atoms with E-state index in [1.54, 1.807) is 0 Å². The number of rotatable bonds is 55. The van der Waals surface area contributed by atoms with E-state index in [1.807, 2.05) is 0 Å². The third-order valence-corrected chi connectivity index (χ3v) is 14.7. The van der Waals surface area contributed by atoms with Gasteiger partial charge in [-0.2, -0.15) is 0 Å². The summed E-state index contributed by atoms with van der Waals surface area (Å²) in [6, 6.07) is 0. The van der Waals surface area contributed by atoms with Crippen molar-refractivity contribution < 1.29 is 16.9 Å². The summed E-state index contributed by atoms with van der Waals surface area (Å²) in [5.74, 6) is 0. The van der Waals surface area contributed by atoms with Gasteiger partial charge in [-0.25, -0.2) is 0 Å². The first-order valence-electron chi connectivity index (χ1n) is 29.5. The second kappa shape index (κ2) is 56.4. The minimum absolute atomic E-state index is 0. The largest absolute Gasteiger partial charge is 1.00 e. The molecule has 0 saturated heterocycles. The van der Waals surface area contributed by atoms with Gasteiger partial charge in [0.25, 0.3) is 0 Å². The minimum atomic E-state index is 0. The maximum atomic E-state index is 2.64. The lowest BCUT2D eigenvalue weighted by molar-refractivity contribution is -0.910. The number of hydrogen-bond acceptors (Lipinski definition) is 0. The molecule has 0 N–H and O–H groups in total. The van der Waals surface area contributed by atoms with Crippen LogP contribution in [-0.4, -0.2) is 31.2 Å². The highest BCUT2D eigenvalue weighted by Gasteiger charge is 2.20. The maximum absolute atomic E-state index is 2.64. The van der Waals surface area contributed by atoms with Crippen LogP contribution in [0.3, 0.4) is 0 Å². The van der Waals surface area contributed by atoms with E-state index >= 15 is 0 Å². The summed E-state index contributed by atoms with van der Waals surface area (Å²) in [5.41, 5.74) is 0. The van der Waals surface area contributed by atoms with Crippen LogP contribution in [-0.2, 0) is 0 Å². The van der Waals surface area contributed by atoms with Crippen molar-refractivity contribution in [2.45, 2.75) is 355 Å². The zero-order valence-corrected chi connectivity index (χ0v) is 44.5. The third-order valence-electron chi connectivity index (χ3n) is 14.7. The topological polar surface area (TPSA) is 0 Å². The van der Waals surface area contributed by atoms with Gasteiger partial charge in [0.2, 0.25) is 0 Å². The van der Waals surface area contributed by atoms with Crippen LogP contribution in [0.25, 0.3) is 0 Å². The predicted octanol–water partition coefficient (Wildman–Crippen LogP) is 18.8. The number of quaternary nitrogens is 1. The van der Waals surface area contributed by atoms with E-state index in [9.17, 15) is 0 Å². The zero-order chi connectivity index (χ0) is 43.4. The quantitative estimate of drug-likeness (QED) is 0.0422. The van der Waals surface area contributed by atoms with E-state index < -0.39 is 0 Å². The van der Waals surface area contributed by atoms with E-state index in [4.69, 9.17) is 0 Å². The summed E-state index contributed by atoms with van der Waals surface area (Å²) in [5, 5.41) is 0. The standard InChI is InChI=1S/C59H122N.ClH/c1-5-8-11-14-17-20-23-26-29-32-33-34-35-38-41-44-47-50-53-56-59-60(4,57-54-51-48-45-42-39-36-30-27-24-21-18-15-12-9-6-2)58-55-52-49-46-43-40-37-31-28-25-22-19-16-13-10-7-3;/h5-59H2,1-4H3;1H/q+1;/p-1. The Hall–Kier alpha value is 0.250. The first kappa shape index (κ1) is 63.3. The molecule has 0 radical (unpaired) electrons. The molecule has 0 rings (SSSR count). The lowest BCUT2D eigenvalue weighted by atomic mass is 10.0. The average molecular weight is 881 g/mol. The first-order valence-corrected chi connectivity index (χ1v) is 29.5. The molecule has 0 amide bonds. The average Bonchev–Trinajstić information content (AvgIpc) is 3.25. The van der Waals surface area contributed by atoms with Gasteiger partial charge in [-0.15, -0.1) is 0 Å². The monoisotopic (exact) mass is 880 g/mol. The number of halogens is 1. The highest BCUT2D eigenvalue weighted by molar-refractivity contribution is 4.55. The lowest BCUT2D eigenvalue weighted by Gasteiger charge is -2.35. The minimum Gasteiger partial charge on any atom is -1.00 e. The van der Waals surface area contributed by atoms with Gasteiger partial charge in [0.1, 0.15) is 0 Å². The van der Waals surface area contributed by atoms with Crippen LogP contribution in [0.5, 0.6) is 0 Å². The molecule has 0 aromatic heterocycles. The lowest BCUT2D eigenvalue weighted by Crippen LogP contribution is -3.00. The first-order chi connectivity index (χ1) is 29.7. The summed E-state index contributed by atoms with van der Waals surface area (Å²) < 4.78 is 1.37. The van der Waals surface area contributed by atoms with Crippen LogP contribution in [0.2, 0.25) is 0 Å². The molecule has 0 atom stereocenters. The Morgan fingerprint density at radius 3 is 0.377 bits per heavy atom. The predicted molar refractivity (Wildman–Crippen MR) is 278 cm³/mol. The molecule has 0 unspecified atom stereocenters. The molecule has 0 aromatic rings. The normalized spacial score (nSPS) is 11.8. The van der Waals surface area contributed by atoms with Crippen molar-refractivity contribution in [3.8, 4) is 0 Å². The molecule has 1 nitrogen and oxygen atoms in total. The zero-order valence-electron chi connectivity index (χ0n) is 43.7. The van der Waals surface area contributed by atoms with Crippen LogP contribution < -0.4 is 12.4 Å². The Labute approximate surface area is 396 Å². The fourth-order valence-corrected chi connectivity index (χ4v) is 10.2. The van der Waals surface area contributed by atoms with Crippen LogP contribution in [0.1, 0.15) is 355 Å². The molecule has 0 fully saturated rings. The Kier molecular flexibility index (Phi) is 58.5. The summed E-state index contributed by atoms with van der Waals surface area (Å²) in [4.78, 5) is 0. The van der Waals surface area contributed by atoms with Gasteiger partial charge in [0.05, 0.1) is 26.7 Å². The molecule has 0 aliphatic heterocycles. The summed E-state index contributed by atoms with van der Waals surface area (Å²) in [7, 11) is 2.64. The van der Waals surface area contributed by atoms with Crippen molar-refractivity contribution in [3.05, 3.63) is 0 Å². The van der Waals surface area contributed by atoms with Gasteiger partial charge in [0, 0.05) is 0 Å². The van der Waals surface area contributed by atoms with E-state index in [2.05, 4.69) is 27.8 Å². The number of nitrogens with zero attached hydrogens (tertiary/aromatic N) is 1. The number of hydrogen-bond donors (Lipinski definition) is 0. The molecule has 0 heterocycles. The molecule has 0 aliphatic carbocycles. The fourth-order valence-electron chi connectivity index (χ4n) is 10.2. The van der Waals surface area contributed by atoms with Gasteiger partial charge in [-0.3, -0.25) is 0 Å². The highest BCUT2D eigenvalue weighted by atomic mass is 35.5. The SMILES string of the molecule is CCCCCCCCCCCCCCCCCCCCCC[N+](C)(CCCCCCCCCCCCCCCCCC)CCCCCCCCCCCCCCCCCC.[Cl-]. The molecule has 0 aromatic carbocycles. The van der Waals surface area contributed by atoms with Crippen LogP contribution in [0, 0.1) is 0 Å². The molecule has 0 saturated carbocycles. The summed E-state index contributed by atoms with van der Waals surface area (Å²) in [6.07, 6.45) is 76.7. The molecule has 370 valence electrons. The van der Waals surface area contributed by atoms with Crippen molar-refractivity contribution in [1.82, 2.24) is 0 Å². The molecular weight excluding hydrogens is 758 g/mol. The Morgan fingerprint density at radius 2 is 0.262 bits per heavy atom. The fraction of sp³-hybridized carbons (Fsp3) is 1.00. The maximum Gasteiger partial charge on any atom is 0.0784 e. The van der Waals surface area contributed by atoms with Crippen LogP contribution >= 0.6 is 0 Å².